The third kappa shape index (κ3) is 1.60. The van der Waals surface area contributed by atoms with Crippen molar-refractivity contribution in [3.05, 3.63) is 34.5 Å². The Balaban J connectivity index is 2.56. The minimum Gasteiger partial charge on any atom is -0.453 e. The van der Waals surface area contributed by atoms with E-state index in [9.17, 15) is 4.79 Å². The number of Topliss-reactive ketones (excluding diaryl/α,β-unsaturated/α-hetero) is 1. The Morgan fingerprint density at radius 1 is 1.43 bits per heavy atom. The summed E-state index contributed by atoms with van der Waals surface area (Å²) in [4.78, 5) is 11.4. The lowest BCUT2D eigenvalue weighted by molar-refractivity contribution is 0.0963. The highest BCUT2D eigenvalue weighted by Crippen LogP contribution is 2.23. The SMILES string of the molecule is CCC(=O)c1cc2cc(Br)ccc2o1. The minimum atomic E-state index is 0.0392. The van der Waals surface area contributed by atoms with E-state index in [-0.39, 0.29) is 5.78 Å². The van der Waals surface area contributed by atoms with Gasteiger partial charge in [0.05, 0.1) is 0 Å². The molecule has 2 nitrogen and oxygen atoms in total. The molecule has 0 unspecified atom stereocenters. The van der Waals surface area contributed by atoms with Crippen LogP contribution in [0, 0.1) is 0 Å². The van der Waals surface area contributed by atoms with E-state index in [0.717, 1.165) is 15.4 Å². The van der Waals surface area contributed by atoms with E-state index >= 15 is 0 Å². The maximum absolute atomic E-state index is 11.4. The highest BCUT2D eigenvalue weighted by atomic mass is 79.9. The number of furan rings is 1. The Bertz CT molecular complexity index is 485. The van der Waals surface area contributed by atoms with Crippen LogP contribution in [0.15, 0.2) is 33.2 Å². The Hall–Kier alpha value is -1.09. The summed E-state index contributed by atoms with van der Waals surface area (Å²) < 4.78 is 6.39. The molecule has 0 N–H and O–H groups in total. The molecule has 0 amide bonds. The lowest BCUT2D eigenvalue weighted by atomic mass is 10.2. The van der Waals surface area contributed by atoms with Gasteiger partial charge in [-0.3, -0.25) is 4.79 Å². The fraction of sp³-hybridized carbons (Fsp3) is 0.182. The van der Waals surface area contributed by atoms with Crippen LogP contribution in [0.1, 0.15) is 23.9 Å². The van der Waals surface area contributed by atoms with Gasteiger partial charge in [0.25, 0.3) is 0 Å². The molecule has 0 atom stereocenters. The number of benzene rings is 1. The molecule has 3 heteroatoms. The van der Waals surface area contributed by atoms with Crippen molar-refractivity contribution < 1.29 is 9.21 Å². The van der Waals surface area contributed by atoms with Gasteiger partial charge in [0.15, 0.2) is 11.5 Å². The largest absolute Gasteiger partial charge is 0.453 e. The Morgan fingerprint density at radius 3 is 2.93 bits per heavy atom. The number of carbonyl (C=O) groups excluding carboxylic acids is 1. The van der Waals surface area contributed by atoms with Crippen molar-refractivity contribution in [2.24, 2.45) is 0 Å². The van der Waals surface area contributed by atoms with Crippen molar-refractivity contribution >= 4 is 32.7 Å². The smallest absolute Gasteiger partial charge is 0.197 e. The van der Waals surface area contributed by atoms with Crippen LogP contribution in [0.5, 0.6) is 0 Å². The normalized spacial score (nSPS) is 10.7. The van der Waals surface area contributed by atoms with Gasteiger partial charge in [0, 0.05) is 16.3 Å². The second kappa shape index (κ2) is 3.58. The Kier molecular flexibility index (Phi) is 2.42. The maximum Gasteiger partial charge on any atom is 0.197 e. The van der Waals surface area contributed by atoms with Crippen LogP contribution in [0.25, 0.3) is 11.0 Å². The molecular formula is C11H9BrO2. The number of ketones is 1. The first-order valence-corrected chi connectivity index (χ1v) is 5.22. The molecule has 0 aliphatic rings. The maximum atomic E-state index is 11.4. The van der Waals surface area contributed by atoms with E-state index in [1.54, 1.807) is 6.07 Å². The lowest BCUT2D eigenvalue weighted by Gasteiger charge is -1.88. The van der Waals surface area contributed by atoms with E-state index in [1.165, 1.54) is 0 Å². The van der Waals surface area contributed by atoms with Gasteiger partial charge in [-0.25, -0.2) is 0 Å². The van der Waals surface area contributed by atoms with Crippen LogP contribution in [-0.4, -0.2) is 5.78 Å². The van der Waals surface area contributed by atoms with Gasteiger partial charge < -0.3 is 4.42 Å². The molecule has 0 saturated carbocycles. The fourth-order valence-corrected chi connectivity index (χ4v) is 1.70. The van der Waals surface area contributed by atoms with Crippen molar-refractivity contribution in [3.8, 4) is 0 Å². The highest BCUT2D eigenvalue weighted by molar-refractivity contribution is 9.10. The number of halogens is 1. The van der Waals surface area contributed by atoms with Crippen LogP contribution in [0.2, 0.25) is 0 Å². The molecule has 1 aromatic carbocycles. The number of rotatable bonds is 2. The summed E-state index contributed by atoms with van der Waals surface area (Å²) in [6, 6.07) is 7.47. The van der Waals surface area contributed by atoms with Crippen molar-refractivity contribution in [2.45, 2.75) is 13.3 Å². The fourth-order valence-electron chi connectivity index (χ4n) is 1.33. The molecule has 72 valence electrons. The molecule has 0 aliphatic heterocycles. The van der Waals surface area contributed by atoms with Crippen molar-refractivity contribution in [1.82, 2.24) is 0 Å². The van der Waals surface area contributed by atoms with E-state index in [2.05, 4.69) is 15.9 Å². The average Bonchev–Trinajstić information content (AvgIpc) is 2.59. The Labute approximate surface area is 90.0 Å². The minimum absolute atomic E-state index is 0.0392. The molecule has 2 rings (SSSR count). The quantitative estimate of drug-likeness (QED) is 0.762. The molecule has 0 fully saturated rings. The van der Waals surface area contributed by atoms with Gasteiger partial charge in [0.1, 0.15) is 5.58 Å². The summed E-state index contributed by atoms with van der Waals surface area (Å²) in [7, 11) is 0. The number of fused-ring (bicyclic) bond motifs is 1. The van der Waals surface area contributed by atoms with Gasteiger partial charge in [-0.1, -0.05) is 22.9 Å². The van der Waals surface area contributed by atoms with Crippen LogP contribution in [-0.2, 0) is 0 Å². The summed E-state index contributed by atoms with van der Waals surface area (Å²) >= 11 is 3.37. The van der Waals surface area contributed by atoms with Gasteiger partial charge in [0.2, 0.25) is 0 Å². The molecule has 2 aromatic rings. The van der Waals surface area contributed by atoms with E-state index < -0.39 is 0 Å². The predicted octanol–water partition coefficient (Wildman–Crippen LogP) is 3.79. The third-order valence-corrected chi connectivity index (χ3v) is 2.57. The summed E-state index contributed by atoms with van der Waals surface area (Å²) in [6.45, 7) is 1.82. The van der Waals surface area contributed by atoms with Gasteiger partial charge in [-0.15, -0.1) is 0 Å². The lowest BCUT2D eigenvalue weighted by Crippen LogP contribution is -1.92. The molecule has 0 saturated heterocycles. The van der Waals surface area contributed by atoms with E-state index in [1.807, 2.05) is 25.1 Å². The van der Waals surface area contributed by atoms with Gasteiger partial charge >= 0.3 is 0 Å². The number of carbonyl (C=O) groups is 1. The average molecular weight is 253 g/mol. The zero-order chi connectivity index (χ0) is 10.1. The first-order chi connectivity index (χ1) is 6.70. The molecule has 0 bridgehead atoms. The Morgan fingerprint density at radius 2 is 2.21 bits per heavy atom. The second-order valence-electron chi connectivity index (χ2n) is 3.07. The third-order valence-electron chi connectivity index (χ3n) is 2.07. The number of hydrogen-bond acceptors (Lipinski definition) is 2. The topological polar surface area (TPSA) is 30.2 Å². The summed E-state index contributed by atoms with van der Waals surface area (Å²) in [5.74, 6) is 0.484. The van der Waals surface area contributed by atoms with Gasteiger partial charge in [-0.05, 0) is 24.3 Å². The molecule has 0 spiro atoms. The molecule has 0 aliphatic carbocycles. The van der Waals surface area contributed by atoms with E-state index in [0.29, 0.717) is 12.2 Å². The van der Waals surface area contributed by atoms with Crippen LogP contribution < -0.4 is 0 Å². The standard InChI is InChI=1S/C11H9BrO2/c1-2-9(13)11-6-7-5-8(12)3-4-10(7)14-11/h3-6H,2H2,1H3. The first-order valence-electron chi connectivity index (χ1n) is 4.43. The predicted molar refractivity (Wildman–Crippen MR) is 58.5 cm³/mol. The molecule has 14 heavy (non-hydrogen) atoms. The number of hydrogen-bond donors (Lipinski definition) is 0. The molecule has 1 heterocycles. The van der Waals surface area contributed by atoms with E-state index in [4.69, 9.17) is 4.42 Å². The molecular weight excluding hydrogens is 244 g/mol. The summed E-state index contributed by atoms with van der Waals surface area (Å²) in [6.07, 6.45) is 0.473. The van der Waals surface area contributed by atoms with Crippen molar-refractivity contribution in [1.29, 1.82) is 0 Å². The molecule has 0 radical (unpaired) electrons. The zero-order valence-corrected chi connectivity index (χ0v) is 9.30. The van der Waals surface area contributed by atoms with Crippen LogP contribution in [0.3, 0.4) is 0 Å². The zero-order valence-electron chi connectivity index (χ0n) is 7.71. The summed E-state index contributed by atoms with van der Waals surface area (Å²) in [5, 5.41) is 0.955. The van der Waals surface area contributed by atoms with Gasteiger partial charge in [-0.2, -0.15) is 0 Å². The first kappa shape index (κ1) is 9.46. The van der Waals surface area contributed by atoms with Crippen molar-refractivity contribution in [2.75, 3.05) is 0 Å². The second-order valence-corrected chi connectivity index (χ2v) is 3.99. The van der Waals surface area contributed by atoms with Crippen molar-refractivity contribution in [3.63, 3.8) is 0 Å². The summed E-state index contributed by atoms with van der Waals surface area (Å²) in [5.41, 5.74) is 0.755. The monoisotopic (exact) mass is 252 g/mol. The highest BCUT2D eigenvalue weighted by Gasteiger charge is 2.09. The molecule has 1 aromatic heterocycles. The van der Waals surface area contributed by atoms with Crippen LogP contribution in [0.4, 0.5) is 0 Å². The van der Waals surface area contributed by atoms with Crippen LogP contribution >= 0.6 is 15.9 Å².